The Balaban J connectivity index is 1.92. The number of nitrogens with zero attached hydrogens (tertiary/aromatic N) is 1. The first kappa shape index (κ1) is 11.6. The number of rotatable bonds is 2. The minimum atomic E-state index is 0.182. The second kappa shape index (κ2) is 4.30. The maximum Gasteiger partial charge on any atom is 0.124 e. The Morgan fingerprint density at radius 2 is 1.94 bits per heavy atom. The van der Waals surface area contributed by atoms with Gasteiger partial charge in [0.1, 0.15) is 5.84 Å². The molecule has 1 aliphatic heterocycles. The molecule has 1 heterocycles. The molecule has 1 aromatic carbocycles. The Kier molecular flexibility index (Phi) is 2.77. The molecule has 1 aromatic rings. The lowest BCUT2D eigenvalue weighted by molar-refractivity contribution is 0.494. The largest absolute Gasteiger partial charge is 0.384 e. The molecule has 3 N–H and O–H groups in total. The van der Waals surface area contributed by atoms with Crippen molar-refractivity contribution in [1.29, 1.82) is 5.41 Å². The van der Waals surface area contributed by atoms with Crippen molar-refractivity contribution in [3.05, 3.63) is 29.3 Å². The van der Waals surface area contributed by atoms with Crippen molar-refractivity contribution < 1.29 is 0 Å². The molecule has 0 radical (unpaired) electrons. The van der Waals surface area contributed by atoms with Crippen molar-refractivity contribution in [2.75, 3.05) is 18.0 Å². The first-order valence-electron chi connectivity index (χ1n) is 6.85. The summed E-state index contributed by atoms with van der Waals surface area (Å²) >= 11 is 0. The molecule has 0 amide bonds. The fourth-order valence-corrected chi connectivity index (χ4v) is 3.56. The highest BCUT2D eigenvalue weighted by Crippen LogP contribution is 2.40. The van der Waals surface area contributed by atoms with Crippen molar-refractivity contribution in [3.63, 3.8) is 0 Å². The minimum Gasteiger partial charge on any atom is -0.384 e. The molecule has 1 saturated carbocycles. The molecule has 2 unspecified atom stereocenters. The number of hydrogen-bond donors (Lipinski definition) is 2. The van der Waals surface area contributed by atoms with Crippen LogP contribution >= 0.6 is 0 Å². The molecule has 18 heavy (non-hydrogen) atoms. The molecule has 3 nitrogen and oxygen atoms in total. The first-order valence-corrected chi connectivity index (χ1v) is 6.85. The fourth-order valence-electron chi connectivity index (χ4n) is 3.56. The second-order valence-corrected chi connectivity index (χ2v) is 5.79. The highest BCUT2D eigenvalue weighted by molar-refractivity contribution is 6.00. The summed E-state index contributed by atoms with van der Waals surface area (Å²) in [7, 11) is 0. The van der Waals surface area contributed by atoms with E-state index in [0.29, 0.717) is 0 Å². The zero-order valence-electron chi connectivity index (χ0n) is 10.9. The molecule has 3 heteroatoms. The van der Waals surface area contributed by atoms with Crippen LogP contribution in [0, 0.1) is 24.2 Å². The minimum absolute atomic E-state index is 0.182. The van der Waals surface area contributed by atoms with Crippen LogP contribution in [-0.2, 0) is 0 Å². The molecule has 2 fully saturated rings. The fraction of sp³-hybridized carbons (Fsp3) is 0.533. The van der Waals surface area contributed by atoms with Gasteiger partial charge in [-0.25, -0.2) is 0 Å². The quantitative estimate of drug-likeness (QED) is 0.619. The average molecular weight is 243 g/mol. The van der Waals surface area contributed by atoms with E-state index < -0.39 is 0 Å². The summed E-state index contributed by atoms with van der Waals surface area (Å²) in [6, 6.07) is 6.20. The highest BCUT2D eigenvalue weighted by atomic mass is 15.2. The van der Waals surface area contributed by atoms with Crippen molar-refractivity contribution in [1.82, 2.24) is 0 Å². The van der Waals surface area contributed by atoms with Crippen LogP contribution in [0.4, 0.5) is 5.69 Å². The van der Waals surface area contributed by atoms with Crippen molar-refractivity contribution in [2.45, 2.75) is 26.2 Å². The van der Waals surface area contributed by atoms with Crippen LogP contribution in [0.3, 0.4) is 0 Å². The Hall–Kier alpha value is -1.51. The molecule has 96 valence electrons. The van der Waals surface area contributed by atoms with E-state index in [-0.39, 0.29) is 5.84 Å². The van der Waals surface area contributed by atoms with E-state index in [1.807, 2.05) is 12.1 Å². The van der Waals surface area contributed by atoms with Gasteiger partial charge in [-0.3, -0.25) is 5.41 Å². The number of anilines is 1. The van der Waals surface area contributed by atoms with Crippen LogP contribution in [0.5, 0.6) is 0 Å². The molecule has 0 aromatic heterocycles. The number of aryl methyl sites for hydroxylation is 1. The van der Waals surface area contributed by atoms with E-state index in [1.54, 1.807) is 0 Å². The van der Waals surface area contributed by atoms with E-state index in [9.17, 15) is 0 Å². The van der Waals surface area contributed by atoms with E-state index >= 15 is 0 Å². The van der Waals surface area contributed by atoms with E-state index in [0.717, 1.165) is 36.2 Å². The normalized spacial score (nSPS) is 26.4. The van der Waals surface area contributed by atoms with Crippen molar-refractivity contribution in [3.8, 4) is 0 Å². The number of hydrogen-bond acceptors (Lipinski definition) is 2. The van der Waals surface area contributed by atoms with Crippen LogP contribution in [0.15, 0.2) is 18.2 Å². The zero-order valence-corrected chi connectivity index (χ0v) is 10.9. The third-order valence-electron chi connectivity index (χ3n) is 4.51. The Bertz CT molecular complexity index is 469. The van der Waals surface area contributed by atoms with Crippen molar-refractivity contribution in [2.24, 2.45) is 17.6 Å². The van der Waals surface area contributed by atoms with Gasteiger partial charge in [-0.1, -0.05) is 12.5 Å². The van der Waals surface area contributed by atoms with Crippen LogP contribution in [0.2, 0.25) is 0 Å². The predicted octanol–water partition coefficient (Wildman–Crippen LogP) is 2.52. The zero-order chi connectivity index (χ0) is 12.7. The molecular weight excluding hydrogens is 222 g/mol. The van der Waals surface area contributed by atoms with E-state index in [1.165, 1.54) is 24.8 Å². The second-order valence-electron chi connectivity index (χ2n) is 5.79. The molecule has 3 rings (SSSR count). The monoisotopic (exact) mass is 243 g/mol. The molecule has 0 bridgehead atoms. The number of amidine groups is 1. The van der Waals surface area contributed by atoms with Gasteiger partial charge in [0.25, 0.3) is 0 Å². The molecule has 1 aliphatic carbocycles. The maximum absolute atomic E-state index is 7.72. The van der Waals surface area contributed by atoms with Gasteiger partial charge in [-0.2, -0.15) is 0 Å². The maximum atomic E-state index is 7.72. The number of nitrogen functional groups attached to an aromatic ring is 1. The standard InChI is InChI=1S/C15H21N3/c1-10-5-6-13(15(16)17)14(7-10)18-8-11-3-2-4-12(11)9-18/h5-7,11-12H,2-4,8-9H2,1H3,(H3,16,17). The van der Waals surface area contributed by atoms with Gasteiger partial charge in [0.15, 0.2) is 0 Å². The summed E-state index contributed by atoms with van der Waals surface area (Å²) in [4.78, 5) is 2.44. The summed E-state index contributed by atoms with van der Waals surface area (Å²) in [6.45, 7) is 4.40. The number of nitrogens with one attached hydrogen (secondary N) is 1. The molecular formula is C15H21N3. The number of nitrogens with two attached hydrogens (primary N) is 1. The van der Waals surface area contributed by atoms with Gasteiger partial charge in [0.05, 0.1) is 0 Å². The average Bonchev–Trinajstić information content (AvgIpc) is 2.88. The van der Waals surface area contributed by atoms with Gasteiger partial charge >= 0.3 is 0 Å². The lowest BCUT2D eigenvalue weighted by Crippen LogP contribution is -2.25. The highest BCUT2D eigenvalue weighted by Gasteiger charge is 2.36. The molecule has 1 saturated heterocycles. The molecule has 2 aliphatic rings. The summed E-state index contributed by atoms with van der Waals surface area (Å²) in [5, 5.41) is 7.72. The predicted molar refractivity (Wildman–Crippen MR) is 75.2 cm³/mol. The van der Waals surface area contributed by atoms with Crippen LogP contribution in [0.1, 0.15) is 30.4 Å². The lowest BCUT2D eigenvalue weighted by Gasteiger charge is -2.23. The summed E-state index contributed by atoms with van der Waals surface area (Å²) in [5.41, 5.74) is 9.00. The molecule has 2 atom stereocenters. The Morgan fingerprint density at radius 3 is 2.56 bits per heavy atom. The van der Waals surface area contributed by atoms with Crippen LogP contribution in [0.25, 0.3) is 0 Å². The lowest BCUT2D eigenvalue weighted by atomic mass is 10.0. The SMILES string of the molecule is Cc1ccc(C(=N)N)c(N2CC3CCCC3C2)c1. The van der Waals surface area contributed by atoms with E-state index in [2.05, 4.69) is 17.9 Å². The van der Waals surface area contributed by atoms with Gasteiger partial charge in [0, 0.05) is 24.3 Å². The Morgan fingerprint density at radius 1 is 1.28 bits per heavy atom. The topological polar surface area (TPSA) is 53.1 Å². The number of fused-ring (bicyclic) bond motifs is 1. The first-order chi connectivity index (χ1) is 8.65. The third kappa shape index (κ3) is 1.88. The van der Waals surface area contributed by atoms with Gasteiger partial charge < -0.3 is 10.6 Å². The Labute approximate surface area is 108 Å². The summed E-state index contributed by atoms with van der Waals surface area (Å²) in [5.74, 6) is 1.91. The van der Waals surface area contributed by atoms with Gasteiger partial charge in [-0.05, 0) is 49.3 Å². The van der Waals surface area contributed by atoms with Crippen LogP contribution < -0.4 is 10.6 Å². The van der Waals surface area contributed by atoms with Crippen LogP contribution in [-0.4, -0.2) is 18.9 Å². The summed E-state index contributed by atoms with van der Waals surface area (Å²) < 4.78 is 0. The van der Waals surface area contributed by atoms with Crippen molar-refractivity contribution >= 4 is 11.5 Å². The third-order valence-corrected chi connectivity index (χ3v) is 4.51. The number of benzene rings is 1. The summed E-state index contributed by atoms with van der Waals surface area (Å²) in [6.07, 6.45) is 4.15. The van der Waals surface area contributed by atoms with E-state index in [4.69, 9.17) is 11.1 Å². The van der Waals surface area contributed by atoms with Gasteiger partial charge in [-0.15, -0.1) is 0 Å². The van der Waals surface area contributed by atoms with Gasteiger partial charge in [0.2, 0.25) is 0 Å². The smallest absolute Gasteiger partial charge is 0.124 e. The molecule has 0 spiro atoms.